The molecule has 7 heteroatoms. The average molecular weight is 565 g/mol. The average Bonchev–Trinajstić information content (AvgIpc) is 3.36. The molecule has 0 N–H and O–H groups in total. The number of aryl methyl sites for hydroxylation is 1. The molecule has 1 unspecified atom stereocenters. The summed E-state index contributed by atoms with van der Waals surface area (Å²) >= 11 is 6.17. The van der Waals surface area contributed by atoms with E-state index in [9.17, 15) is 4.79 Å². The van der Waals surface area contributed by atoms with Gasteiger partial charge in [0.2, 0.25) is 0 Å². The largest absolute Gasteiger partial charge is 0.483 e. The monoisotopic (exact) mass is 564 g/mol. The molecule has 1 aliphatic heterocycles. The van der Waals surface area contributed by atoms with Gasteiger partial charge in [0.05, 0.1) is 11.0 Å². The summed E-state index contributed by atoms with van der Waals surface area (Å²) in [6, 6.07) is 32.0. The van der Waals surface area contributed by atoms with Gasteiger partial charge in [0, 0.05) is 49.0 Å². The lowest BCUT2D eigenvalue weighted by Crippen LogP contribution is -2.48. The topological polar surface area (TPSA) is 50.6 Å². The summed E-state index contributed by atoms with van der Waals surface area (Å²) in [7, 11) is 0. The number of amides is 1. The first-order valence-corrected chi connectivity index (χ1v) is 14.4. The molecule has 1 saturated heterocycles. The molecule has 1 atom stereocenters. The summed E-state index contributed by atoms with van der Waals surface area (Å²) in [5, 5.41) is 0.715. The van der Waals surface area contributed by atoms with Crippen LogP contribution < -0.4 is 9.64 Å². The Kier molecular flexibility index (Phi) is 7.66. The molecule has 0 saturated carbocycles. The second-order valence-corrected chi connectivity index (χ2v) is 11.0. The number of para-hydroxylation sites is 1. The number of anilines is 1. The zero-order valence-electron chi connectivity index (χ0n) is 23.3. The van der Waals surface area contributed by atoms with Crippen LogP contribution in [0.25, 0.3) is 11.0 Å². The van der Waals surface area contributed by atoms with Gasteiger partial charge in [-0.05, 0) is 73.5 Å². The molecule has 2 heterocycles. The van der Waals surface area contributed by atoms with Crippen LogP contribution in [0.2, 0.25) is 5.02 Å². The molecule has 5 aromatic rings. The number of imidazole rings is 1. The fourth-order valence-electron chi connectivity index (χ4n) is 5.48. The molecule has 1 fully saturated rings. The van der Waals surface area contributed by atoms with E-state index in [0.717, 1.165) is 58.1 Å². The molecule has 0 aliphatic carbocycles. The number of benzene rings is 4. The van der Waals surface area contributed by atoms with Crippen molar-refractivity contribution in [1.82, 2.24) is 14.5 Å². The van der Waals surface area contributed by atoms with Crippen molar-refractivity contribution >= 4 is 34.2 Å². The lowest BCUT2D eigenvalue weighted by atomic mass is 10.1. The van der Waals surface area contributed by atoms with Gasteiger partial charge in [0.1, 0.15) is 5.75 Å². The number of carbonyl (C=O) groups excluding carboxylic acids is 1. The van der Waals surface area contributed by atoms with E-state index < -0.39 is 0 Å². The Hall–Kier alpha value is -4.29. The number of hydrogen-bond acceptors (Lipinski definition) is 4. The van der Waals surface area contributed by atoms with Gasteiger partial charge in [0.15, 0.2) is 11.9 Å². The van der Waals surface area contributed by atoms with E-state index in [4.69, 9.17) is 21.3 Å². The molecule has 4 aromatic carbocycles. The van der Waals surface area contributed by atoms with E-state index in [-0.39, 0.29) is 12.0 Å². The van der Waals surface area contributed by atoms with Crippen LogP contribution in [0.3, 0.4) is 0 Å². The summed E-state index contributed by atoms with van der Waals surface area (Å²) in [5.41, 5.74) is 6.04. The maximum atomic E-state index is 13.2. The second kappa shape index (κ2) is 11.7. The van der Waals surface area contributed by atoms with Gasteiger partial charge in [-0.2, -0.15) is 0 Å². The lowest BCUT2D eigenvalue weighted by Gasteiger charge is -2.36. The third-order valence-corrected chi connectivity index (χ3v) is 7.99. The Morgan fingerprint density at radius 1 is 0.902 bits per heavy atom. The fraction of sp³-hybridized carbons (Fsp3) is 0.235. The van der Waals surface area contributed by atoms with Crippen molar-refractivity contribution in [3.63, 3.8) is 0 Å². The van der Waals surface area contributed by atoms with Gasteiger partial charge in [-0.25, -0.2) is 4.98 Å². The SMILES string of the molecule is Cc1ccccc1C(=O)N1CCN(c2ccc3nc(C(C)Oc4ccccc4)n(Cc4ccc(Cl)cc4)c3c2)CC1. The number of fused-ring (bicyclic) bond motifs is 1. The zero-order valence-corrected chi connectivity index (χ0v) is 24.1. The maximum absolute atomic E-state index is 13.2. The van der Waals surface area contributed by atoms with Crippen molar-refractivity contribution in [3.05, 3.63) is 125 Å². The Morgan fingerprint density at radius 2 is 1.61 bits per heavy atom. The van der Waals surface area contributed by atoms with Crippen LogP contribution in [-0.2, 0) is 6.54 Å². The van der Waals surface area contributed by atoms with Crippen LogP contribution in [0.15, 0.2) is 97.1 Å². The minimum atomic E-state index is -0.253. The summed E-state index contributed by atoms with van der Waals surface area (Å²) < 4.78 is 8.54. The molecule has 1 amide bonds. The first kappa shape index (κ1) is 26.9. The highest BCUT2D eigenvalue weighted by atomic mass is 35.5. The third kappa shape index (κ3) is 5.79. The van der Waals surface area contributed by atoms with Gasteiger partial charge in [-0.3, -0.25) is 4.79 Å². The van der Waals surface area contributed by atoms with E-state index >= 15 is 0 Å². The zero-order chi connectivity index (χ0) is 28.3. The lowest BCUT2D eigenvalue weighted by molar-refractivity contribution is 0.0746. The highest BCUT2D eigenvalue weighted by Crippen LogP contribution is 2.30. The summed E-state index contributed by atoms with van der Waals surface area (Å²) in [6.07, 6.45) is -0.253. The Morgan fingerprint density at radius 3 is 2.34 bits per heavy atom. The van der Waals surface area contributed by atoms with Gasteiger partial charge in [0.25, 0.3) is 5.91 Å². The number of piperazine rings is 1. The van der Waals surface area contributed by atoms with Crippen molar-refractivity contribution < 1.29 is 9.53 Å². The Bertz CT molecular complexity index is 1660. The first-order valence-electron chi connectivity index (χ1n) is 14.0. The second-order valence-electron chi connectivity index (χ2n) is 10.5. The number of nitrogens with zero attached hydrogens (tertiary/aromatic N) is 4. The van der Waals surface area contributed by atoms with Gasteiger partial charge < -0.3 is 19.1 Å². The molecule has 208 valence electrons. The van der Waals surface area contributed by atoms with Crippen LogP contribution in [0, 0.1) is 6.92 Å². The van der Waals surface area contributed by atoms with Crippen molar-refractivity contribution in [2.24, 2.45) is 0 Å². The van der Waals surface area contributed by atoms with Gasteiger partial charge in [-0.1, -0.05) is 60.1 Å². The van der Waals surface area contributed by atoms with Crippen molar-refractivity contribution in [2.45, 2.75) is 26.5 Å². The van der Waals surface area contributed by atoms with E-state index in [0.29, 0.717) is 24.7 Å². The van der Waals surface area contributed by atoms with Crippen LogP contribution in [-0.4, -0.2) is 46.5 Å². The quantitative estimate of drug-likeness (QED) is 0.211. The van der Waals surface area contributed by atoms with Crippen molar-refractivity contribution in [1.29, 1.82) is 0 Å². The predicted molar refractivity (Wildman–Crippen MR) is 165 cm³/mol. The van der Waals surface area contributed by atoms with Crippen LogP contribution in [0.4, 0.5) is 5.69 Å². The molecular weight excluding hydrogens is 532 g/mol. The van der Waals surface area contributed by atoms with Crippen LogP contribution in [0.5, 0.6) is 5.75 Å². The minimum Gasteiger partial charge on any atom is -0.483 e. The van der Waals surface area contributed by atoms with E-state index in [1.807, 2.05) is 85.5 Å². The van der Waals surface area contributed by atoms with Crippen molar-refractivity contribution in [3.8, 4) is 5.75 Å². The molecule has 0 bridgehead atoms. The van der Waals surface area contributed by atoms with E-state index in [1.165, 1.54) is 0 Å². The third-order valence-electron chi connectivity index (χ3n) is 7.74. The molecule has 1 aliphatic rings. The van der Waals surface area contributed by atoms with Gasteiger partial charge >= 0.3 is 0 Å². The summed E-state index contributed by atoms with van der Waals surface area (Å²) in [5.74, 6) is 1.78. The maximum Gasteiger partial charge on any atom is 0.254 e. The van der Waals surface area contributed by atoms with Crippen molar-refractivity contribution in [2.75, 3.05) is 31.1 Å². The highest BCUT2D eigenvalue weighted by Gasteiger charge is 2.25. The molecule has 1 aromatic heterocycles. The normalized spacial score (nSPS) is 14.3. The van der Waals surface area contributed by atoms with Crippen LogP contribution >= 0.6 is 11.6 Å². The Balaban J connectivity index is 1.27. The number of rotatable bonds is 7. The molecule has 41 heavy (non-hydrogen) atoms. The number of ether oxygens (including phenoxy) is 1. The minimum absolute atomic E-state index is 0.108. The summed E-state index contributed by atoms with van der Waals surface area (Å²) in [4.78, 5) is 22.5. The number of hydrogen-bond donors (Lipinski definition) is 0. The predicted octanol–water partition coefficient (Wildman–Crippen LogP) is 7.15. The molecule has 6 rings (SSSR count). The first-order chi connectivity index (χ1) is 20.0. The highest BCUT2D eigenvalue weighted by molar-refractivity contribution is 6.30. The molecule has 6 nitrogen and oxygen atoms in total. The van der Waals surface area contributed by atoms with Gasteiger partial charge in [-0.15, -0.1) is 0 Å². The van der Waals surface area contributed by atoms with Crippen LogP contribution in [0.1, 0.15) is 40.3 Å². The smallest absolute Gasteiger partial charge is 0.254 e. The molecule has 0 spiro atoms. The standard InChI is InChI=1S/C34H33ClN4O2/c1-24-8-6-7-11-30(24)34(40)38-20-18-37(19-21-38)28-16-17-31-32(22-28)39(23-26-12-14-27(35)15-13-26)33(36-31)25(2)41-29-9-4-3-5-10-29/h3-17,22,25H,18-21,23H2,1-2H3. The molecular formula is C34H33ClN4O2. The van der Waals surface area contributed by atoms with E-state index in [2.05, 4.69) is 39.8 Å². The number of carbonyl (C=O) groups is 1. The number of halogens is 1. The fourth-order valence-corrected chi connectivity index (χ4v) is 5.61. The molecule has 0 radical (unpaired) electrons. The van der Waals surface area contributed by atoms with E-state index in [1.54, 1.807) is 0 Å². The summed E-state index contributed by atoms with van der Waals surface area (Å²) in [6.45, 7) is 7.59. The number of aromatic nitrogens is 2. The Labute approximate surface area is 245 Å².